The van der Waals surface area contributed by atoms with Gasteiger partial charge < -0.3 is 4.90 Å². The van der Waals surface area contributed by atoms with Crippen LogP contribution in [0.25, 0.3) is 0 Å². The Labute approximate surface area is 242 Å². The summed E-state index contributed by atoms with van der Waals surface area (Å²) in [6, 6.07) is 28.7. The van der Waals surface area contributed by atoms with E-state index >= 15 is 0 Å². The molecule has 2 aliphatic rings. The Morgan fingerprint density at radius 3 is 2.49 bits per heavy atom. The Morgan fingerprint density at radius 2 is 1.73 bits per heavy atom. The average molecular weight is 566 g/mol. The molecule has 0 radical (unpaired) electrons. The summed E-state index contributed by atoms with van der Waals surface area (Å²) in [6.45, 7) is 4.24. The molecule has 1 amide bonds. The molecule has 0 spiro atoms. The van der Waals surface area contributed by atoms with Gasteiger partial charge in [0.05, 0.1) is 17.1 Å². The first kappa shape index (κ1) is 27.4. The number of sulfonamides is 1. The summed E-state index contributed by atoms with van der Waals surface area (Å²) in [7, 11) is -3.70. The van der Waals surface area contributed by atoms with Gasteiger partial charge in [-0.05, 0) is 98.5 Å². The summed E-state index contributed by atoms with van der Waals surface area (Å²) in [4.78, 5) is 20.8. The first-order valence-electron chi connectivity index (χ1n) is 14.3. The van der Waals surface area contributed by atoms with E-state index in [0.29, 0.717) is 13.0 Å². The molecule has 41 heavy (non-hydrogen) atoms. The smallest absolute Gasteiger partial charge is 0.241 e. The second-order valence-corrected chi connectivity index (χ2v) is 13.0. The summed E-state index contributed by atoms with van der Waals surface area (Å²) < 4.78 is 29.6. The van der Waals surface area contributed by atoms with Crippen LogP contribution < -0.4 is 9.62 Å². The quantitative estimate of drug-likeness (QED) is 0.268. The lowest BCUT2D eigenvalue weighted by atomic mass is 9.87. The predicted octanol–water partition coefficient (Wildman–Crippen LogP) is 6.39. The van der Waals surface area contributed by atoms with Crippen molar-refractivity contribution >= 4 is 21.6 Å². The van der Waals surface area contributed by atoms with E-state index in [4.69, 9.17) is 0 Å². The van der Waals surface area contributed by atoms with Crippen molar-refractivity contribution in [1.29, 1.82) is 0 Å². The van der Waals surface area contributed by atoms with Gasteiger partial charge in [-0.2, -0.15) is 0 Å². The van der Waals surface area contributed by atoms with Crippen molar-refractivity contribution in [3.8, 4) is 0 Å². The number of pyridine rings is 1. The largest absolute Gasteiger partial charge is 0.306 e. The predicted molar refractivity (Wildman–Crippen MR) is 161 cm³/mol. The van der Waals surface area contributed by atoms with E-state index in [1.54, 1.807) is 12.1 Å². The van der Waals surface area contributed by atoms with Gasteiger partial charge in [0.1, 0.15) is 0 Å². The van der Waals surface area contributed by atoms with Crippen LogP contribution in [-0.2, 0) is 27.8 Å². The van der Waals surface area contributed by atoms with Crippen LogP contribution in [0.15, 0.2) is 95.9 Å². The van der Waals surface area contributed by atoms with Crippen molar-refractivity contribution in [2.24, 2.45) is 5.92 Å². The zero-order valence-corrected chi connectivity index (χ0v) is 24.3. The van der Waals surface area contributed by atoms with Gasteiger partial charge in [0, 0.05) is 23.3 Å². The van der Waals surface area contributed by atoms with Gasteiger partial charge in [0.25, 0.3) is 0 Å². The summed E-state index contributed by atoms with van der Waals surface area (Å²) >= 11 is 0. The van der Waals surface area contributed by atoms with E-state index in [2.05, 4.69) is 27.9 Å². The molecule has 0 saturated heterocycles. The lowest BCUT2D eigenvalue weighted by Gasteiger charge is -2.29. The number of benzene rings is 3. The molecule has 3 aromatic carbocycles. The maximum absolute atomic E-state index is 14.1. The molecule has 4 aromatic rings. The Balaban J connectivity index is 1.32. The van der Waals surface area contributed by atoms with Gasteiger partial charge in [-0.1, -0.05) is 60.2 Å². The number of nitrogens with zero attached hydrogens (tertiary/aromatic N) is 2. The summed E-state index contributed by atoms with van der Waals surface area (Å²) in [5.74, 6) is 0.201. The number of rotatable bonds is 8. The third kappa shape index (κ3) is 5.97. The topological polar surface area (TPSA) is 79.4 Å². The molecule has 1 saturated carbocycles. The maximum Gasteiger partial charge on any atom is 0.241 e. The van der Waals surface area contributed by atoms with Crippen LogP contribution in [0.2, 0.25) is 0 Å². The van der Waals surface area contributed by atoms with Gasteiger partial charge in [0.2, 0.25) is 15.9 Å². The first-order chi connectivity index (χ1) is 19.8. The van der Waals surface area contributed by atoms with Crippen molar-refractivity contribution in [2.45, 2.75) is 62.9 Å². The lowest BCUT2D eigenvalue weighted by molar-refractivity contribution is -0.120. The fraction of sp³-hybridized carbons (Fsp3) is 0.294. The normalized spacial score (nSPS) is 19.8. The highest BCUT2D eigenvalue weighted by molar-refractivity contribution is 7.89. The van der Waals surface area contributed by atoms with E-state index in [9.17, 15) is 13.2 Å². The van der Waals surface area contributed by atoms with Crippen LogP contribution in [0.3, 0.4) is 0 Å². The van der Waals surface area contributed by atoms with Crippen LogP contribution in [-0.4, -0.2) is 19.3 Å². The van der Waals surface area contributed by atoms with Gasteiger partial charge in [-0.15, -0.1) is 0 Å². The van der Waals surface area contributed by atoms with E-state index in [-0.39, 0.29) is 28.7 Å². The van der Waals surface area contributed by atoms with Crippen molar-refractivity contribution in [1.82, 2.24) is 9.71 Å². The number of carbonyl (C=O) groups is 1. The molecule has 1 heterocycles. The Hall–Kier alpha value is -3.81. The average Bonchev–Trinajstić information content (AvgIpc) is 3.78. The number of amides is 1. The zero-order chi connectivity index (χ0) is 28.6. The highest BCUT2D eigenvalue weighted by atomic mass is 32.2. The molecule has 7 heteroatoms. The SMILES string of the molecule is Cc1ccc(S(=O)(=O)NC2CCCc3ccc(N(Cc4cccc(C)n4)C(=O)C4CC4c4ccccc4)cc32)cc1. The van der Waals surface area contributed by atoms with E-state index in [1.165, 1.54) is 5.56 Å². The number of anilines is 1. The van der Waals surface area contributed by atoms with Crippen molar-refractivity contribution in [2.75, 3.05) is 4.90 Å². The van der Waals surface area contributed by atoms with Crippen molar-refractivity contribution < 1.29 is 13.2 Å². The van der Waals surface area contributed by atoms with Crippen LogP contribution in [0.1, 0.15) is 64.9 Å². The van der Waals surface area contributed by atoms with Crippen molar-refractivity contribution in [3.05, 3.63) is 125 Å². The van der Waals surface area contributed by atoms with Crippen LogP contribution in [0.4, 0.5) is 5.69 Å². The number of hydrogen-bond donors (Lipinski definition) is 1. The van der Waals surface area contributed by atoms with E-state index in [1.807, 2.05) is 79.4 Å². The van der Waals surface area contributed by atoms with Gasteiger partial charge in [-0.25, -0.2) is 13.1 Å². The summed E-state index contributed by atoms with van der Waals surface area (Å²) in [5, 5.41) is 0. The number of fused-ring (bicyclic) bond motifs is 1. The first-order valence-corrected chi connectivity index (χ1v) is 15.8. The van der Waals surface area contributed by atoms with Gasteiger partial charge in [-0.3, -0.25) is 9.78 Å². The maximum atomic E-state index is 14.1. The van der Waals surface area contributed by atoms with E-state index < -0.39 is 10.0 Å². The molecule has 6 rings (SSSR count). The highest BCUT2D eigenvalue weighted by Crippen LogP contribution is 2.49. The molecule has 210 valence electrons. The third-order valence-electron chi connectivity index (χ3n) is 8.25. The standard InChI is InChI=1S/C34H35N3O3S/c1-23-14-18-29(19-15-23)41(39,40)36-33-13-7-11-26-16-17-28(20-31(26)33)37(22-27-12-6-8-24(2)35-27)34(38)32-21-30(32)25-9-4-3-5-10-25/h3-6,8-10,12,14-20,30,32-33,36H,7,11,13,21-22H2,1-2H3. The Kier molecular flexibility index (Phi) is 7.49. The molecule has 1 aromatic heterocycles. The zero-order valence-electron chi connectivity index (χ0n) is 23.5. The minimum absolute atomic E-state index is 0.0784. The monoisotopic (exact) mass is 565 g/mol. The summed E-state index contributed by atoms with van der Waals surface area (Å²) in [5.41, 5.74) is 6.76. The number of aromatic nitrogens is 1. The second kappa shape index (κ2) is 11.2. The molecule has 1 N–H and O–H groups in total. The molecular formula is C34H35N3O3S. The lowest BCUT2D eigenvalue weighted by Crippen LogP contribution is -2.34. The summed E-state index contributed by atoms with van der Waals surface area (Å²) in [6.07, 6.45) is 3.30. The molecule has 1 fully saturated rings. The Morgan fingerprint density at radius 1 is 0.951 bits per heavy atom. The highest BCUT2D eigenvalue weighted by Gasteiger charge is 2.46. The number of hydrogen-bond acceptors (Lipinski definition) is 4. The molecular weight excluding hydrogens is 530 g/mol. The van der Waals surface area contributed by atoms with Crippen LogP contribution in [0, 0.1) is 19.8 Å². The van der Waals surface area contributed by atoms with Gasteiger partial charge in [0.15, 0.2) is 0 Å². The minimum atomic E-state index is -3.70. The van der Waals surface area contributed by atoms with E-state index in [0.717, 1.165) is 53.0 Å². The molecule has 2 aliphatic carbocycles. The van der Waals surface area contributed by atoms with Crippen LogP contribution in [0.5, 0.6) is 0 Å². The van der Waals surface area contributed by atoms with Gasteiger partial charge >= 0.3 is 0 Å². The molecule has 6 nitrogen and oxygen atoms in total. The number of aryl methyl sites for hydroxylation is 3. The minimum Gasteiger partial charge on any atom is -0.306 e. The van der Waals surface area contributed by atoms with Crippen LogP contribution >= 0.6 is 0 Å². The Bertz CT molecular complexity index is 1670. The number of carbonyl (C=O) groups excluding carboxylic acids is 1. The second-order valence-electron chi connectivity index (χ2n) is 11.3. The third-order valence-corrected chi connectivity index (χ3v) is 9.74. The molecule has 3 atom stereocenters. The fourth-order valence-electron chi connectivity index (χ4n) is 5.93. The molecule has 0 aliphatic heterocycles. The molecule has 3 unspecified atom stereocenters. The van der Waals surface area contributed by atoms with Crippen molar-refractivity contribution in [3.63, 3.8) is 0 Å². The number of nitrogens with one attached hydrogen (secondary N) is 1. The molecule has 0 bridgehead atoms. The fourth-order valence-corrected chi connectivity index (χ4v) is 7.18.